The van der Waals surface area contributed by atoms with Gasteiger partial charge < -0.3 is 10.1 Å². The van der Waals surface area contributed by atoms with Crippen LogP contribution in [0.25, 0.3) is 0 Å². The van der Waals surface area contributed by atoms with Gasteiger partial charge in [-0.2, -0.15) is 0 Å². The fourth-order valence-corrected chi connectivity index (χ4v) is 2.32. The van der Waals surface area contributed by atoms with Crippen molar-refractivity contribution in [3.05, 3.63) is 12.4 Å². The zero-order valence-corrected chi connectivity index (χ0v) is 10.8. The van der Waals surface area contributed by atoms with E-state index in [9.17, 15) is 8.42 Å². The van der Waals surface area contributed by atoms with Crippen molar-refractivity contribution in [2.75, 3.05) is 26.1 Å². The number of hydrogen-bond donors (Lipinski definition) is 2. The van der Waals surface area contributed by atoms with Gasteiger partial charge in [0.25, 0.3) is 0 Å². The molecule has 1 aromatic heterocycles. The van der Waals surface area contributed by atoms with Crippen molar-refractivity contribution in [2.45, 2.75) is 17.9 Å². The average Bonchev–Trinajstić information content (AvgIpc) is 2.28. The molecule has 1 unspecified atom stereocenters. The van der Waals surface area contributed by atoms with E-state index >= 15 is 0 Å². The first-order valence-electron chi connectivity index (χ1n) is 5.00. The summed E-state index contributed by atoms with van der Waals surface area (Å²) in [7, 11) is -0.425. The van der Waals surface area contributed by atoms with Crippen LogP contribution in [0.4, 0.5) is 5.95 Å². The molecule has 8 heteroatoms. The minimum absolute atomic E-state index is 0.0273. The monoisotopic (exact) mass is 260 g/mol. The molecule has 17 heavy (non-hydrogen) atoms. The van der Waals surface area contributed by atoms with E-state index in [-0.39, 0.29) is 10.9 Å². The van der Waals surface area contributed by atoms with Crippen molar-refractivity contribution in [2.24, 2.45) is 0 Å². The van der Waals surface area contributed by atoms with Gasteiger partial charge in [-0.25, -0.2) is 23.1 Å². The van der Waals surface area contributed by atoms with E-state index in [0.717, 1.165) is 0 Å². The van der Waals surface area contributed by atoms with Gasteiger partial charge in [-0.05, 0) is 6.92 Å². The molecule has 0 aromatic carbocycles. The Morgan fingerprint density at radius 1 is 1.41 bits per heavy atom. The topological polar surface area (TPSA) is 93.2 Å². The van der Waals surface area contributed by atoms with Crippen LogP contribution in [0.3, 0.4) is 0 Å². The molecule has 0 aliphatic rings. The lowest BCUT2D eigenvalue weighted by molar-refractivity contribution is 0.180. The van der Waals surface area contributed by atoms with Crippen molar-refractivity contribution in [1.82, 2.24) is 14.7 Å². The normalized spacial score (nSPS) is 13.4. The average molecular weight is 260 g/mol. The SMILES string of the molecule is CNc1ncc(S(=O)(=O)NC(C)COC)cn1. The van der Waals surface area contributed by atoms with Crippen LogP contribution in [0.5, 0.6) is 0 Å². The molecule has 1 atom stereocenters. The van der Waals surface area contributed by atoms with Crippen molar-refractivity contribution < 1.29 is 13.2 Å². The molecule has 1 heterocycles. The van der Waals surface area contributed by atoms with Gasteiger partial charge in [0, 0.05) is 20.2 Å². The van der Waals surface area contributed by atoms with E-state index in [4.69, 9.17) is 4.74 Å². The number of nitrogens with zero attached hydrogens (tertiary/aromatic N) is 2. The van der Waals surface area contributed by atoms with Gasteiger partial charge in [0.15, 0.2) is 0 Å². The third kappa shape index (κ3) is 3.91. The predicted octanol–water partition coefficient (Wildman–Crippen LogP) is -0.168. The van der Waals surface area contributed by atoms with Gasteiger partial charge in [0.1, 0.15) is 4.90 Å². The molecule has 0 saturated carbocycles. The third-order valence-electron chi connectivity index (χ3n) is 1.94. The molecular weight excluding hydrogens is 244 g/mol. The Labute approximate surface area is 101 Å². The van der Waals surface area contributed by atoms with Crippen molar-refractivity contribution in [3.63, 3.8) is 0 Å². The van der Waals surface area contributed by atoms with Crippen molar-refractivity contribution in [3.8, 4) is 0 Å². The number of rotatable bonds is 6. The maximum atomic E-state index is 11.8. The first-order chi connectivity index (χ1) is 7.99. The van der Waals surface area contributed by atoms with Gasteiger partial charge in [-0.15, -0.1) is 0 Å². The van der Waals surface area contributed by atoms with E-state index in [1.165, 1.54) is 19.5 Å². The summed E-state index contributed by atoms with van der Waals surface area (Å²) in [5.74, 6) is 0.369. The number of hydrogen-bond acceptors (Lipinski definition) is 6. The quantitative estimate of drug-likeness (QED) is 0.737. The molecule has 0 amide bonds. The van der Waals surface area contributed by atoms with Crippen LogP contribution in [0.15, 0.2) is 17.3 Å². The molecular formula is C9H16N4O3S. The largest absolute Gasteiger partial charge is 0.383 e. The fourth-order valence-electron chi connectivity index (χ4n) is 1.20. The van der Waals surface area contributed by atoms with Crippen LogP contribution < -0.4 is 10.0 Å². The second-order valence-electron chi connectivity index (χ2n) is 3.47. The van der Waals surface area contributed by atoms with E-state index in [1.54, 1.807) is 14.0 Å². The van der Waals surface area contributed by atoms with Crippen LogP contribution in [-0.2, 0) is 14.8 Å². The molecule has 96 valence electrons. The predicted molar refractivity (Wildman–Crippen MR) is 63.2 cm³/mol. The Balaban J connectivity index is 2.82. The zero-order valence-electron chi connectivity index (χ0n) is 9.97. The summed E-state index contributed by atoms with van der Waals surface area (Å²) in [5, 5.41) is 2.71. The fraction of sp³-hybridized carbons (Fsp3) is 0.556. The van der Waals surface area contributed by atoms with Gasteiger partial charge in [-0.1, -0.05) is 0 Å². The van der Waals surface area contributed by atoms with E-state index < -0.39 is 10.0 Å². The Morgan fingerprint density at radius 2 is 2.00 bits per heavy atom. The summed E-state index contributed by atoms with van der Waals surface area (Å²) < 4.78 is 31.0. The molecule has 1 rings (SSSR count). The molecule has 0 spiro atoms. The Bertz CT molecular complexity index is 446. The van der Waals surface area contributed by atoms with Crippen LogP contribution in [0.2, 0.25) is 0 Å². The summed E-state index contributed by atoms with van der Waals surface area (Å²) in [4.78, 5) is 7.72. The summed E-state index contributed by atoms with van der Waals surface area (Å²) in [6.07, 6.45) is 2.50. The van der Waals surface area contributed by atoms with Gasteiger partial charge in [-0.3, -0.25) is 0 Å². The van der Waals surface area contributed by atoms with Crippen LogP contribution in [-0.4, -0.2) is 45.2 Å². The highest BCUT2D eigenvalue weighted by Gasteiger charge is 2.18. The highest BCUT2D eigenvalue weighted by molar-refractivity contribution is 7.89. The summed E-state index contributed by atoms with van der Waals surface area (Å²) in [6.45, 7) is 2.01. The lowest BCUT2D eigenvalue weighted by Crippen LogP contribution is -2.35. The minimum Gasteiger partial charge on any atom is -0.383 e. The second-order valence-corrected chi connectivity index (χ2v) is 5.18. The molecule has 0 aliphatic carbocycles. The van der Waals surface area contributed by atoms with Gasteiger partial charge in [0.05, 0.1) is 19.0 Å². The maximum absolute atomic E-state index is 11.8. The number of aromatic nitrogens is 2. The van der Waals surface area contributed by atoms with E-state index in [2.05, 4.69) is 20.0 Å². The molecule has 0 aliphatic heterocycles. The van der Waals surface area contributed by atoms with E-state index in [1.807, 2.05) is 0 Å². The standard InChI is InChI=1S/C9H16N4O3S/c1-7(6-16-3)13-17(14,15)8-4-11-9(10-2)12-5-8/h4-5,7,13H,6H2,1-3H3,(H,10,11,12). The number of ether oxygens (including phenoxy) is 1. The molecule has 0 saturated heterocycles. The highest BCUT2D eigenvalue weighted by atomic mass is 32.2. The van der Waals surface area contributed by atoms with Crippen molar-refractivity contribution >= 4 is 16.0 Å². The highest BCUT2D eigenvalue weighted by Crippen LogP contribution is 2.07. The van der Waals surface area contributed by atoms with Gasteiger partial charge in [0.2, 0.25) is 16.0 Å². The Morgan fingerprint density at radius 3 is 2.47 bits per heavy atom. The third-order valence-corrected chi connectivity index (χ3v) is 3.48. The zero-order chi connectivity index (χ0) is 12.9. The molecule has 1 aromatic rings. The van der Waals surface area contributed by atoms with Crippen LogP contribution in [0, 0.1) is 0 Å². The number of anilines is 1. The lowest BCUT2D eigenvalue weighted by atomic mass is 10.4. The second kappa shape index (κ2) is 5.89. The lowest BCUT2D eigenvalue weighted by Gasteiger charge is -2.12. The maximum Gasteiger partial charge on any atom is 0.243 e. The molecule has 0 bridgehead atoms. The number of sulfonamides is 1. The first-order valence-corrected chi connectivity index (χ1v) is 6.49. The molecule has 0 radical (unpaired) electrons. The van der Waals surface area contributed by atoms with Gasteiger partial charge >= 0.3 is 0 Å². The smallest absolute Gasteiger partial charge is 0.243 e. The molecule has 7 nitrogen and oxygen atoms in total. The summed E-state index contributed by atoms with van der Waals surface area (Å²) >= 11 is 0. The summed E-state index contributed by atoms with van der Waals surface area (Å²) in [5.41, 5.74) is 0. The van der Waals surface area contributed by atoms with Crippen molar-refractivity contribution in [1.29, 1.82) is 0 Å². The van der Waals surface area contributed by atoms with Crippen LogP contribution >= 0.6 is 0 Å². The number of nitrogens with one attached hydrogen (secondary N) is 2. The van der Waals surface area contributed by atoms with E-state index in [0.29, 0.717) is 12.6 Å². The first kappa shape index (κ1) is 13.8. The van der Waals surface area contributed by atoms with Crippen LogP contribution in [0.1, 0.15) is 6.92 Å². The minimum atomic E-state index is -3.59. The Hall–Kier alpha value is -1.25. The Kier molecular flexibility index (Phi) is 4.79. The molecule has 2 N–H and O–H groups in total. The molecule has 0 fully saturated rings. The summed E-state index contributed by atoms with van der Waals surface area (Å²) in [6, 6.07) is -0.311. The number of methoxy groups -OCH3 is 1.